The molecule has 3 heterocycles. The smallest absolute Gasteiger partial charge is 0.253 e. The molecular weight excluding hydrogens is 418 g/mol. The Bertz CT molecular complexity index is 946. The Balaban J connectivity index is 1.38. The van der Waals surface area contributed by atoms with Crippen LogP contribution in [-0.4, -0.2) is 103 Å². The number of hydrogen-bond acceptors (Lipinski definition) is 8. The number of anilines is 3. The van der Waals surface area contributed by atoms with E-state index in [1.54, 1.807) is 11.9 Å². The van der Waals surface area contributed by atoms with Crippen LogP contribution in [0, 0.1) is 0 Å². The van der Waals surface area contributed by atoms with Crippen LogP contribution < -0.4 is 15.1 Å². The quantitative estimate of drug-likeness (QED) is 0.678. The van der Waals surface area contributed by atoms with Crippen molar-refractivity contribution in [2.24, 2.45) is 0 Å². The molecule has 1 amide bonds. The number of amides is 1. The first kappa shape index (κ1) is 23.3. The number of aliphatic hydroxyl groups is 1. The van der Waals surface area contributed by atoms with Gasteiger partial charge in [-0.2, -0.15) is 0 Å². The summed E-state index contributed by atoms with van der Waals surface area (Å²) in [7, 11) is 5.72. The molecule has 9 heteroatoms. The summed E-state index contributed by atoms with van der Waals surface area (Å²) in [6, 6.07) is 9.71. The Kier molecular flexibility index (Phi) is 6.99. The van der Waals surface area contributed by atoms with Crippen molar-refractivity contribution >= 4 is 23.2 Å². The van der Waals surface area contributed by atoms with Crippen molar-refractivity contribution in [3.05, 3.63) is 42.2 Å². The molecule has 0 spiro atoms. The second-order valence-corrected chi connectivity index (χ2v) is 9.26. The summed E-state index contributed by atoms with van der Waals surface area (Å²) in [5.74, 6) is 1.44. The van der Waals surface area contributed by atoms with E-state index in [1.807, 2.05) is 37.4 Å². The van der Waals surface area contributed by atoms with Crippen molar-refractivity contribution in [1.82, 2.24) is 19.8 Å². The lowest BCUT2D eigenvalue weighted by atomic mass is 9.92. The third-order valence-corrected chi connectivity index (χ3v) is 6.65. The maximum atomic E-state index is 13.1. The number of rotatable bonds is 6. The molecule has 2 N–H and O–H groups in total. The van der Waals surface area contributed by atoms with E-state index in [1.165, 1.54) is 6.33 Å². The van der Waals surface area contributed by atoms with Crippen molar-refractivity contribution in [2.75, 3.05) is 82.1 Å². The van der Waals surface area contributed by atoms with Crippen LogP contribution in [-0.2, 0) is 0 Å². The van der Waals surface area contributed by atoms with Gasteiger partial charge in [-0.3, -0.25) is 4.79 Å². The molecule has 0 bridgehead atoms. The van der Waals surface area contributed by atoms with Gasteiger partial charge in [0, 0.05) is 70.7 Å². The molecule has 1 atom stereocenters. The molecule has 2 aliphatic rings. The summed E-state index contributed by atoms with van der Waals surface area (Å²) in [6.45, 7) is 5.59. The van der Waals surface area contributed by atoms with Crippen LogP contribution in [0.3, 0.4) is 0 Å². The van der Waals surface area contributed by atoms with Gasteiger partial charge in [-0.15, -0.1) is 0 Å². The Morgan fingerprint density at radius 1 is 1.12 bits per heavy atom. The standard InChI is InChI=1S/C24H35N7O2/c1-25-21-15-22(27-18-26-21)31-10-4-9-24(33,17-31)16-29(3)23(32)19-5-7-20(8-6-19)30-13-11-28(2)12-14-30/h5-8,15,18,33H,4,9-14,16-17H2,1-3H3,(H,25,26,27)/t24-/m0/s1. The van der Waals surface area contributed by atoms with Gasteiger partial charge in [-0.25, -0.2) is 9.97 Å². The zero-order valence-electron chi connectivity index (χ0n) is 19.9. The number of piperazine rings is 1. The lowest BCUT2D eigenvalue weighted by Crippen LogP contribution is -2.54. The molecule has 4 rings (SSSR count). The van der Waals surface area contributed by atoms with Crippen molar-refractivity contribution in [3.63, 3.8) is 0 Å². The SMILES string of the molecule is CNc1cc(N2CCC[C@](O)(CN(C)C(=O)c3ccc(N4CCN(C)CC4)cc3)C2)ncn1. The van der Waals surface area contributed by atoms with Gasteiger partial charge in [-0.05, 0) is 44.2 Å². The minimum Gasteiger partial charge on any atom is -0.386 e. The Labute approximate surface area is 196 Å². The maximum absolute atomic E-state index is 13.1. The number of carbonyl (C=O) groups is 1. The van der Waals surface area contributed by atoms with Gasteiger partial charge in [0.2, 0.25) is 0 Å². The van der Waals surface area contributed by atoms with E-state index in [9.17, 15) is 9.90 Å². The van der Waals surface area contributed by atoms with Gasteiger partial charge in [0.1, 0.15) is 18.0 Å². The second kappa shape index (κ2) is 9.93. The number of nitrogens with one attached hydrogen (secondary N) is 1. The summed E-state index contributed by atoms with van der Waals surface area (Å²) in [4.78, 5) is 30.0. The Morgan fingerprint density at radius 2 is 1.85 bits per heavy atom. The minimum absolute atomic E-state index is 0.0787. The molecule has 2 saturated heterocycles. The predicted octanol–water partition coefficient (Wildman–Crippen LogP) is 1.37. The number of nitrogens with zero attached hydrogens (tertiary/aromatic N) is 6. The third kappa shape index (κ3) is 5.54. The van der Waals surface area contributed by atoms with Crippen LogP contribution in [0.25, 0.3) is 0 Å². The first-order valence-corrected chi connectivity index (χ1v) is 11.6. The lowest BCUT2D eigenvalue weighted by molar-refractivity contribution is -0.000135. The fraction of sp³-hybridized carbons (Fsp3) is 0.542. The Hall–Kier alpha value is -2.91. The molecule has 0 radical (unpaired) electrons. The summed E-state index contributed by atoms with van der Waals surface area (Å²) >= 11 is 0. The monoisotopic (exact) mass is 453 g/mol. The average molecular weight is 454 g/mol. The van der Waals surface area contributed by atoms with Gasteiger partial charge in [-0.1, -0.05) is 0 Å². The van der Waals surface area contributed by atoms with Gasteiger partial charge in [0.05, 0.1) is 12.1 Å². The number of piperidine rings is 1. The van der Waals surface area contributed by atoms with Crippen LogP contribution in [0.2, 0.25) is 0 Å². The zero-order valence-corrected chi connectivity index (χ0v) is 19.9. The van der Waals surface area contributed by atoms with Gasteiger partial charge >= 0.3 is 0 Å². The number of benzene rings is 1. The third-order valence-electron chi connectivity index (χ3n) is 6.65. The molecule has 9 nitrogen and oxygen atoms in total. The highest BCUT2D eigenvalue weighted by Gasteiger charge is 2.36. The summed E-state index contributed by atoms with van der Waals surface area (Å²) in [5, 5.41) is 14.3. The molecule has 2 aliphatic heterocycles. The van der Waals surface area contributed by atoms with E-state index in [0.717, 1.165) is 56.5 Å². The predicted molar refractivity (Wildman–Crippen MR) is 131 cm³/mol. The topological polar surface area (TPSA) is 88.1 Å². The fourth-order valence-corrected chi connectivity index (χ4v) is 4.71. The minimum atomic E-state index is -0.993. The molecule has 2 aromatic rings. The highest BCUT2D eigenvalue weighted by molar-refractivity contribution is 5.94. The molecule has 1 aromatic heterocycles. The summed E-state index contributed by atoms with van der Waals surface area (Å²) in [6.07, 6.45) is 3.00. The van der Waals surface area contributed by atoms with E-state index < -0.39 is 5.60 Å². The molecule has 33 heavy (non-hydrogen) atoms. The molecule has 2 fully saturated rings. The van der Waals surface area contributed by atoms with Crippen molar-refractivity contribution < 1.29 is 9.90 Å². The molecule has 0 unspecified atom stereocenters. The van der Waals surface area contributed by atoms with Gasteiger partial charge < -0.3 is 30.0 Å². The van der Waals surface area contributed by atoms with E-state index in [0.29, 0.717) is 18.5 Å². The largest absolute Gasteiger partial charge is 0.386 e. The molecule has 0 saturated carbocycles. The van der Waals surface area contributed by atoms with E-state index >= 15 is 0 Å². The number of likely N-dealkylation sites (N-methyl/N-ethyl adjacent to an activating group) is 2. The molecule has 1 aromatic carbocycles. The number of hydrogen-bond donors (Lipinski definition) is 2. The van der Waals surface area contributed by atoms with E-state index in [2.05, 4.69) is 37.0 Å². The van der Waals surface area contributed by atoms with Crippen LogP contribution >= 0.6 is 0 Å². The Morgan fingerprint density at radius 3 is 2.55 bits per heavy atom. The highest BCUT2D eigenvalue weighted by Crippen LogP contribution is 2.27. The van der Waals surface area contributed by atoms with Gasteiger partial charge in [0.25, 0.3) is 5.91 Å². The fourth-order valence-electron chi connectivity index (χ4n) is 4.71. The van der Waals surface area contributed by atoms with E-state index in [4.69, 9.17) is 0 Å². The number of aromatic nitrogens is 2. The van der Waals surface area contributed by atoms with Crippen LogP contribution in [0.15, 0.2) is 36.7 Å². The summed E-state index contributed by atoms with van der Waals surface area (Å²) < 4.78 is 0. The lowest BCUT2D eigenvalue weighted by Gasteiger charge is -2.41. The normalized spacial score (nSPS) is 21.7. The summed E-state index contributed by atoms with van der Waals surface area (Å²) in [5.41, 5.74) is 0.795. The molecule has 0 aliphatic carbocycles. The zero-order chi connectivity index (χ0) is 23.4. The van der Waals surface area contributed by atoms with Crippen molar-refractivity contribution in [1.29, 1.82) is 0 Å². The number of β-amino-alcohol motifs (C(OH)–C–C–N with tert-alkyl or cyclic N) is 1. The second-order valence-electron chi connectivity index (χ2n) is 9.26. The van der Waals surface area contributed by atoms with Crippen LogP contribution in [0.5, 0.6) is 0 Å². The van der Waals surface area contributed by atoms with Crippen LogP contribution in [0.4, 0.5) is 17.3 Å². The van der Waals surface area contributed by atoms with Crippen molar-refractivity contribution in [2.45, 2.75) is 18.4 Å². The van der Waals surface area contributed by atoms with Crippen molar-refractivity contribution in [3.8, 4) is 0 Å². The maximum Gasteiger partial charge on any atom is 0.253 e. The van der Waals surface area contributed by atoms with Crippen LogP contribution in [0.1, 0.15) is 23.2 Å². The molecule has 178 valence electrons. The molecular formula is C24H35N7O2. The average Bonchev–Trinajstić information content (AvgIpc) is 2.84. The van der Waals surface area contributed by atoms with E-state index in [-0.39, 0.29) is 12.5 Å². The highest BCUT2D eigenvalue weighted by atomic mass is 16.3. The first-order chi connectivity index (χ1) is 15.9. The van der Waals surface area contributed by atoms with Gasteiger partial charge in [0.15, 0.2) is 0 Å². The first-order valence-electron chi connectivity index (χ1n) is 11.6. The number of carbonyl (C=O) groups excluding carboxylic acids is 1.